The molecule has 17 heavy (non-hydrogen) atoms. The summed E-state index contributed by atoms with van der Waals surface area (Å²) in [6.07, 6.45) is -0.636. The Labute approximate surface area is 107 Å². The minimum absolute atomic E-state index is 0.0113. The van der Waals surface area contributed by atoms with Gasteiger partial charge < -0.3 is 4.74 Å². The third kappa shape index (κ3) is 4.40. The number of benzene rings is 1. The van der Waals surface area contributed by atoms with Crippen LogP contribution in [-0.2, 0) is 4.74 Å². The Balaban J connectivity index is 2.65. The van der Waals surface area contributed by atoms with Crippen molar-refractivity contribution < 1.29 is 14.1 Å². The standard InChI is InChI=1S/C11H13BrFNO3/c1-2-9(13)7-17-11(12)8-4-3-5-10(6-8)14(15)16/h3-6,9,11H,2,7H2,1H3. The molecule has 6 heteroatoms. The highest BCUT2D eigenvalue weighted by Gasteiger charge is 2.14. The monoisotopic (exact) mass is 305 g/mol. The van der Waals surface area contributed by atoms with Crippen LogP contribution in [0.5, 0.6) is 0 Å². The molecule has 0 fully saturated rings. The molecule has 2 atom stereocenters. The Morgan fingerprint density at radius 1 is 1.59 bits per heavy atom. The summed E-state index contributed by atoms with van der Waals surface area (Å²) in [4.78, 5) is 10.1. The maximum Gasteiger partial charge on any atom is 0.269 e. The first kappa shape index (κ1) is 14.1. The van der Waals surface area contributed by atoms with Gasteiger partial charge in [-0.25, -0.2) is 4.39 Å². The van der Waals surface area contributed by atoms with Crippen molar-refractivity contribution in [3.05, 3.63) is 39.9 Å². The highest BCUT2D eigenvalue weighted by atomic mass is 79.9. The zero-order valence-corrected chi connectivity index (χ0v) is 10.9. The van der Waals surface area contributed by atoms with Gasteiger partial charge in [0.2, 0.25) is 0 Å². The molecule has 1 aromatic carbocycles. The average molecular weight is 306 g/mol. The van der Waals surface area contributed by atoms with E-state index in [1.807, 2.05) is 0 Å². The number of hydrogen-bond donors (Lipinski definition) is 0. The fraction of sp³-hybridized carbons (Fsp3) is 0.455. The van der Waals surface area contributed by atoms with Crippen molar-refractivity contribution >= 4 is 21.6 Å². The summed E-state index contributed by atoms with van der Waals surface area (Å²) in [5, 5.41) is 10.0. The lowest BCUT2D eigenvalue weighted by atomic mass is 10.2. The quantitative estimate of drug-likeness (QED) is 0.457. The summed E-state index contributed by atoms with van der Waals surface area (Å²) in [5.41, 5.74) is 0.588. The van der Waals surface area contributed by atoms with E-state index in [2.05, 4.69) is 15.9 Å². The summed E-state index contributed by atoms with van der Waals surface area (Å²) in [7, 11) is 0. The Kier molecular flexibility index (Phi) is 5.50. The molecule has 0 saturated heterocycles. The van der Waals surface area contributed by atoms with Crippen molar-refractivity contribution in [2.75, 3.05) is 6.61 Å². The van der Waals surface area contributed by atoms with Crippen LogP contribution in [0, 0.1) is 10.1 Å². The lowest BCUT2D eigenvalue weighted by Crippen LogP contribution is -2.10. The number of halogens is 2. The van der Waals surface area contributed by atoms with Gasteiger partial charge in [0.1, 0.15) is 11.2 Å². The zero-order valence-electron chi connectivity index (χ0n) is 9.31. The molecule has 1 rings (SSSR count). The van der Waals surface area contributed by atoms with Crippen molar-refractivity contribution in [3.8, 4) is 0 Å². The fourth-order valence-corrected chi connectivity index (χ4v) is 1.62. The van der Waals surface area contributed by atoms with E-state index in [0.29, 0.717) is 12.0 Å². The predicted molar refractivity (Wildman–Crippen MR) is 65.9 cm³/mol. The third-order valence-corrected chi connectivity index (χ3v) is 3.00. The van der Waals surface area contributed by atoms with Crippen LogP contribution in [0.15, 0.2) is 24.3 Å². The van der Waals surface area contributed by atoms with Gasteiger partial charge in [0.15, 0.2) is 0 Å². The lowest BCUT2D eigenvalue weighted by molar-refractivity contribution is -0.385. The Morgan fingerprint density at radius 3 is 2.88 bits per heavy atom. The van der Waals surface area contributed by atoms with Crippen LogP contribution < -0.4 is 0 Å². The van der Waals surface area contributed by atoms with Crippen molar-refractivity contribution in [3.63, 3.8) is 0 Å². The molecule has 94 valence electrons. The molecule has 0 aromatic heterocycles. The van der Waals surface area contributed by atoms with Crippen LogP contribution in [0.25, 0.3) is 0 Å². The number of nitro groups is 1. The predicted octanol–water partition coefficient (Wildman–Crippen LogP) is 3.75. The van der Waals surface area contributed by atoms with Gasteiger partial charge in [-0.05, 0) is 12.0 Å². The molecule has 4 nitrogen and oxygen atoms in total. The largest absolute Gasteiger partial charge is 0.359 e. The summed E-state index contributed by atoms with van der Waals surface area (Å²) >= 11 is 3.22. The smallest absolute Gasteiger partial charge is 0.269 e. The Bertz CT molecular complexity index is 389. The van der Waals surface area contributed by atoms with Crippen LogP contribution in [0.2, 0.25) is 0 Å². The van der Waals surface area contributed by atoms with E-state index in [0.717, 1.165) is 0 Å². The van der Waals surface area contributed by atoms with Crippen molar-refractivity contribution in [1.82, 2.24) is 0 Å². The first-order valence-corrected chi connectivity index (χ1v) is 6.10. The molecule has 0 aliphatic heterocycles. The van der Waals surface area contributed by atoms with Gasteiger partial charge in [0.05, 0.1) is 11.5 Å². The van der Waals surface area contributed by atoms with E-state index in [9.17, 15) is 14.5 Å². The minimum atomic E-state index is -1.02. The van der Waals surface area contributed by atoms with Crippen molar-refractivity contribution in [1.29, 1.82) is 0 Å². The molecule has 0 heterocycles. The number of nitro benzene ring substituents is 1. The van der Waals surface area contributed by atoms with Crippen molar-refractivity contribution in [2.45, 2.75) is 24.5 Å². The highest BCUT2D eigenvalue weighted by molar-refractivity contribution is 9.09. The Morgan fingerprint density at radius 2 is 2.29 bits per heavy atom. The third-order valence-electron chi connectivity index (χ3n) is 2.21. The van der Waals surface area contributed by atoms with Crippen LogP contribution >= 0.6 is 15.9 Å². The summed E-state index contributed by atoms with van der Waals surface area (Å²) < 4.78 is 18.2. The molecular weight excluding hydrogens is 293 g/mol. The van der Waals surface area contributed by atoms with Gasteiger partial charge in [0, 0.05) is 12.1 Å². The molecule has 0 N–H and O–H groups in total. The molecule has 0 aliphatic rings. The molecule has 0 aliphatic carbocycles. The van der Waals surface area contributed by atoms with E-state index in [1.54, 1.807) is 19.1 Å². The molecule has 2 unspecified atom stereocenters. The van der Waals surface area contributed by atoms with Crippen LogP contribution in [0.3, 0.4) is 0 Å². The molecule has 0 saturated carbocycles. The zero-order chi connectivity index (χ0) is 12.8. The maximum atomic E-state index is 13.0. The maximum absolute atomic E-state index is 13.0. The topological polar surface area (TPSA) is 52.4 Å². The summed E-state index contributed by atoms with van der Waals surface area (Å²) in [5.74, 6) is 0. The van der Waals surface area contributed by atoms with Gasteiger partial charge >= 0.3 is 0 Å². The number of nitrogens with zero attached hydrogens (tertiary/aromatic N) is 1. The second-order valence-electron chi connectivity index (χ2n) is 3.51. The van der Waals surface area contributed by atoms with E-state index in [1.165, 1.54) is 12.1 Å². The van der Waals surface area contributed by atoms with Gasteiger partial charge in [-0.15, -0.1) is 0 Å². The molecule has 1 aromatic rings. The molecule has 0 amide bonds. The average Bonchev–Trinajstić information content (AvgIpc) is 2.35. The first-order chi connectivity index (χ1) is 8.04. The first-order valence-electron chi connectivity index (χ1n) is 5.18. The summed E-state index contributed by atoms with van der Waals surface area (Å²) in [6, 6.07) is 6.05. The number of non-ortho nitro benzene ring substituents is 1. The normalized spacial score (nSPS) is 14.3. The lowest BCUT2D eigenvalue weighted by Gasteiger charge is -2.13. The SMILES string of the molecule is CCC(F)COC(Br)c1cccc([N+](=O)[O-])c1. The summed E-state index contributed by atoms with van der Waals surface area (Å²) in [6.45, 7) is 1.69. The van der Waals surface area contributed by atoms with E-state index in [4.69, 9.17) is 4.74 Å². The van der Waals surface area contributed by atoms with Crippen molar-refractivity contribution in [2.24, 2.45) is 0 Å². The molecule has 0 bridgehead atoms. The Hall–Kier alpha value is -1.01. The number of ether oxygens (including phenoxy) is 1. The number of rotatable bonds is 6. The molecular formula is C11H13BrFNO3. The van der Waals surface area contributed by atoms with Crippen LogP contribution in [0.4, 0.5) is 10.1 Å². The minimum Gasteiger partial charge on any atom is -0.359 e. The van der Waals surface area contributed by atoms with Gasteiger partial charge in [-0.3, -0.25) is 10.1 Å². The second-order valence-corrected chi connectivity index (χ2v) is 4.34. The number of alkyl halides is 2. The van der Waals surface area contributed by atoms with Gasteiger partial charge in [0.25, 0.3) is 5.69 Å². The second kappa shape index (κ2) is 6.66. The van der Waals surface area contributed by atoms with E-state index in [-0.39, 0.29) is 12.3 Å². The van der Waals surface area contributed by atoms with Crippen LogP contribution in [0.1, 0.15) is 23.9 Å². The van der Waals surface area contributed by atoms with E-state index >= 15 is 0 Å². The van der Waals surface area contributed by atoms with Gasteiger partial charge in [-0.1, -0.05) is 35.0 Å². The number of hydrogen-bond acceptors (Lipinski definition) is 3. The van der Waals surface area contributed by atoms with Crippen LogP contribution in [-0.4, -0.2) is 17.7 Å². The molecule has 0 radical (unpaired) electrons. The van der Waals surface area contributed by atoms with Gasteiger partial charge in [-0.2, -0.15) is 0 Å². The van der Waals surface area contributed by atoms with E-state index < -0.39 is 16.1 Å². The fourth-order valence-electron chi connectivity index (χ4n) is 1.18. The highest BCUT2D eigenvalue weighted by Crippen LogP contribution is 2.27. The molecule has 0 spiro atoms.